The normalized spacial score (nSPS) is 24.5. The smallest absolute Gasteiger partial charge is 0.252 e. The number of nitrogens with zero attached hydrogens (tertiary/aromatic N) is 2. The van der Waals surface area contributed by atoms with Crippen molar-refractivity contribution in [3.05, 3.63) is 64.7 Å². The zero-order chi connectivity index (χ0) is 19.9. The minimum Gasteiger partial charge on any atom is -0.314 e. The number of halogens is 1. The number of hydrogen-bond acceptors (Lipinski definition) is 4. The Kier molecular flexibility index (Phi) is 5.24. The van der Waals surface area contributed by atoms with Crippen LogP contribution in [-0.2, 0) is 21.1 Å². The molecule has 8 heteroatoms. The van der Waals surface area contributed by atoms with Crippen molar-refractivity contribution in [2.24, 2.45) is 4.99 Å². The van der Waals surface area contributed by atoms with Crippen molar-refractivity contribution in [2.75, 3.05) is 16.4 Å². The predicted molar refractivity (Wildman–Crippen MR) is 115 cm³/mol. The lowest BCUT2D eigenvalue weighted by Crippen LogP contribution is -2.38. The molecule has 5 nitrogen and oxygen atoms in total. The van der Waals surface area contributed by atoms with Crippen LogP contribution in [0, 0.1) is 6.92 Å². The molecule has 2 atom stereocenters. The predicted octanol–water partition coefficient (Wildman–Crippen LogP) is 3.49. The minimum atomic E-state index is -3.11. The molecule has 0 unspecified atom stereocenters. The lowest BCUT2D eigenvalue weighted by atomic mass is 10.1. The quantitative estimate of drug-likeness (QED) is 0.739. The summed E-state index contributed by atoms with van der Waals surface area (Å²) in [6.07, 6.45) is 0.203. The molecule has 0 radical (unpaired) electrons. The summed E-state index contributed by atoms with van der Waals surface area (Å²) in [5, 5.41) is 0.883. The molecule has 28 heavy (non-hydrogen) atoms. The van der Waals surface area contributed by atoms with E-state index in [0.29, 0.717) is 15.9 Å². The zero-order valence-electron chi connectivity index (χ0n) is 15.2. The van der Waals surface area contributed by atoms with Crippen molar-refractivity contribution in [3.8, 4) is 0 Å². The van der Waals surface area contributed by atoms with Gasteiger partial charge in [-0.2, -0.15) is 4.99 Å². The Labute approximate surface area is 173 Å². The first kappa shape index (κ1) is 19.5. The number of rotatable bonds is 3. The van der Waals surface area contributed by atoms with Gasteiger partial charge in [0.15, 0.2) is 15.0 Å². The van der Waals surface area contributed by atoms with E-state index in [-0.39, 0.29) is 35.1 Å². The van der Waals surface area contributed by atoms with Crippen LogP contribution in [-0.4, -0.2) is 42.3 Å². The molecule has 4 rings (SSSR count). The fourth-order valence-electron chi connectivity index (χ4n) is 3.52. The van der Waals surface area contributed by atoms with E-state index in [2.05, 4.69) is 4.99 Å². The second-order valence-corrected chi connectivity index (χ2v) is 10.8. The lowest BCUT2D eigenvalue weighted by Gasteiger charge is -2.25. The Morgan fingerprint density at radius 3 is 2.61 bits per heavy atom. The largest absolute Gasteiger partial charge is 0.314 e. The first-order chi connectivity index (χ1) is 13.3. The number of benzene rings is 2. The number of amides is 1. The van der Waals surface area contributed by atoms with E-state index in [1.807, 2.05) is 54.3 Å². The van der Waals surface area contributed by atoms with Gasteiger partial charge in [0.05, 0.1) is 34.7 Å². The van der Waals surface area contributed by atoms with Gasteiger partial charge in [-0.25, -0.2) is 8.42 Å². The third-order valence-electron chi connectivity index (χ3n) is 4.87. The summed E-state index contributed by atoms with van der Waals surface area (Å²) in [7, 11) is -3.11. The summed E-state index contributed by atoms with van der Waals surface area (Å²) in [6.45, 7) is 2.00. The molecular formula is C20H19ClN2O3S2. The molecule has 2 aromatic carbocycles. The number of amidine groups is 1. The van der Waals surface area contributed by atoms with Crippen LogP contribution in [0.4, 0.5) is 5.69 Å². The summed E-state index contributed by atoms with van der Waals surface area (Å²) >= 11 is 7.73. The maximum Gasteiger partial charge on any atom is 0.252 e. The third kappa shape index (κ3) is 3.97. The number of para-hydroxylation sites is 1. The summed E-state index contributed by atoms with van der Waals surface area (Å²) in [4.78, 5) is 18.7. The fraction of sp³-hybridized carbons (Fsp3) is 0.300. The number of carbonyl (C=O) groups excluding carboxylic acids is 1. The second-order valence-electron chi connectivity index (χ2n) is 7.07. The van der Waals surface area contributed by atoms with Gasteiger partial charge < -0.3 is 4.90 Å². The summed E-state index contributed by atoms with van der Waals surface area (Å²) in [5.74, 6) is -0.124. The van der Waals surface area contributed by atoms with E-state index in [1.165, 1.54) is 11.8 Å². The molecule has 2 heterocycles. The van der Waals surface area contributed by atoms with Crippen LogP contribution >= 0.6 is 23.4 Å². The maximum absolute atomic E-state index is 12.6. The lowest BCUT2D eigenvalue weighted by molar-refractivity contribution is -0.117. The van der Waals surface area contributed by atoms with E-state index < -0.39 is 9.84 Å². The molecule has 2 aromatic rings. The molecule has 0 aromatic heterocycles. The van der Waals surface area contributed by atoms with E-state index in [4.69, 9.17) is 11.6 Å². The first-order valence-electron chi connectivity index (χ1n) is 8.90. The number of aliphatic imine (C=N–C) groups is 1. The number of carbonyl (C=O) groups is 1. The molecule has 0 aliphatic carbocycles. The van der Waals surface area contributed by atoms with Crippen LogP contribution in [0.15, 0.2) is 53.5 Å². The second kappa shape index (κ2) is 7.54. The maximum atomic E-state index is 12.6. The number of thioether (sulfide) groups is 1. The SMILES string of the molecule is Cc1ccc(CC(=O)N=C2S[C@@H]3CS(=O)(=O)C[C@@H]3N2c2ccccc2Cl)cc1. The highest BCUT2D eigenvalue weighted by Crippen LogP contribution is 2.42. The van der Waals surface area contributed by atoms with Gasteiger partial charge >= 0.3 is 0 Å². The molecule has 146 valence electrons. The number of hydrogen-bond donors (Lipinski definition) is 0. The van der Waals surface area contributed by atoms with Crippen LogP contribution in [0.5, 0.6) is 0 Å². The minimum absolute atomic E-state index is 0.0427. The number of fused-ring (bicyclic) bond motifs is 1. The van der Waals surface area contributed by atoms with Crippen LogP contribution in [0.25, 0.3) is 0 Å². The highest BCUT2D eigenvalue weighted by Gasteiger charge is 2.49. The van der Waals surface area contributed by atoms with Gasteiger partial charge in [0.1, 0.15) is 0 Å². The average Bonchev–Trinajstić information content (AvgIpc) is 3.08. The Hall–Kier alpha value is -1.83. The van der Waals surface area contributed by atoms with E-state index >= 15 is 0 Å². The topological polar surface area (TPSA) is 66.8 Å². The van der Waals surface area contributed by atoms with Crippen LogP contribution < -0.4 is 4.90 Å². The molecule has 2 aliphatic heterocycles. The van der Waals surface area contributed by atoms with Gasteiger partial charge in [-0.05, 0) is 24.6 Å². The fourth-order valence-corrected chi connectivity index (χ4v) is 7.67. The zero-order valence-corrected chi connectivity index (χ0v) is 17.6. The molecule has 2 aliphatic rings. The highest BCUT2D eigenvalue weighted by atomic mass is 35.5. The highest BCUT2D eigenvalue weighted by molar-refractivity contribution is 8.16. The molecule has 0 N–H and O–H groups in total. The standard InChI is InChI=1S/C20H19ClN2O3S2/c1-13-6-8-14(9-7-13)10-19(24)22-20-23(16-5-3-2-4-15(16)21)17-11-28(25,26)12-18(17)27-20/h2-9,17-18H,10-12H2,1H3/t17-,18+/m0/s1. The Bertz CT molecular complexity index is 1050. The van der Waals surface area contributed by atoms with Gasteiger partial charge in [0, 0.05) is 5.25 Å². The van der Waals surface area contributed by atoms with Crippen LogP contribution in [0.2, 0.25) is 5.02 Å². The Morgan fingerprint density at radius 1 is 1.18 bits per heavy atom. The van der Waals surface area contributed by atoms with Crippen LogP contribution in [0.3, 0.4) is 0 Å². The molecular weight excluding hydrogens is 416 g/mol. The monoisotopic (exact) mass is 434 g/mol. The van der Waals surface area contributed by atoms with Gasteiger partial charge in [-0.1, -0.05) is 65.3 Å². The number of anilines is 1. The molecule has 2 saturated heterocycles. The summed E-state index contributed by atoms with van der Waals surface area (Å²) in [5.41, 5.74) is 2.71. The molecule has 0 saturated carbocycles. The summed E-state index contributed by atoms with van der Waals surface area (Å²) in [6, 6.07) is 14.7. The molecule has 2 fully saturated rings. The van der Waals surface area contributed by atoms with Gasteiger partial charge in [0.2, 0.25) is 0 Å². The van der Waals surface area contributed by atoms with Gasteiger partial charge in [-0.15, -0.1) is 0 Å². The third-order valence-corrected chi connectivity index (χ3v) is 8.40. The van der Waals surface area contributed by atoms with Crippen molar-refractivity contribution in [1.29, 1.82) is 0 Å². The molecule has 0 bridgehead atoms. The average molecular weight is 435 g/mol. The van der Waals surface area contributed by atoms with Gasteiger partial charge in [0.25, 0.3) is 5.91 Å². The van der Waals surface area contributed by atoms with E-state index in [1.54, 1.807) is 6.07 Å². The number of sulfone groups is 1. The Balaban J connectivity index is 1.65. The molecule has 1 amide bonds. The number of aryl methyl sites for hydroxylation is 1. The molecule has 0 spiro atoms. The van der Waals surface area contributed by atoms with Gasteiger partial charge in [-0.3, -0.25) is 4.79 Å². The van der Waals surface area contributed by atoms with Crippen molar-refractivity contribution >= 4 is 50.0 Å². The van der Waals surface area contributed by atoms with E-state index in [0.717, 1.165) is 11.1 Å². The van der Waals surface area contributed by atoms with Crippen LogP contribution in [0.1, 0.15) is 11.1 Å². The van der Waals surface area contributed by atoms with Crippen molar-refractivity contribution < 1.29 is 13.2 Å². The van der Waals surface area contributed by atoms with Crippen molar-refractivity contribution in [2.45, 2.75) is 24.6 Å². The van der Waals surface area contributed by atoms with Crippen molar-refractivity contribution in [3.63, 3.8) is 0 Å². The first-order valence-corrected chi connectivity index (χ1v) is 12.0. The van der Waals surface area contributed by atoms with Crippen molar-refractivity contribution in [1.82, 2.24) is 0 Å². The summed E-state index contributed by atoms with van der Waals surface area (Å²) < 4.78 is 24.2. The van der Waals surface area contributed by atoms with E-state index in [9.17, 15) is 13.2 Å². The Morgan fingerprint density at radius 2 is 1.89 bits per heavy atom.